The molecule has 134 valence electrons. The predicted molar refractivity (Wildman–Crippen MR) is 101 cm³/mol. The zero-order valence-electron chi connectivity index (χ0n) is 15.0. The summed E-state index contributed by atoms with van der Waals surface area (Å²) in [7, 11) is 5.12. The molecule has 0 fully saturated rings. The number of carbonyl (C=O) groups is 1. The number of ether oxygens (including phenoxy) is 2. The fourth-order valence-electron chi connectivity index (χ4n) is 3.18. The summed E-state index contributed by atoms with van der Waals surface area (Å²) in [6, 6.07) is 19.0. The van der Waals surface area contributed by atoms with E-state index in [1.165, 1.54) is 7.11 Å². The standard InChI is InChI=1S/C21H21NO4/c1-22(2)19(14-9-5-4-6-10-14)18-16-12-8-7-11-15(16)13-17(20(18)23)26-21(24)25-3/h4-13,19,23H,1-3H3. The number of benzene rings is 3. The molecule has 3 rings (SSSR count). The molecule has 0 aromatic heterocycles. The van der Waals surface area contributed by atoms with Gasteiger partial charge in [0.15, 0.2) is 11.5 Å². The number of hydrogen-bond donors (Lipinski definition) is 1. The summed E-state index contributed by atoms with van der Waals surface area (Å²) < 4.78 is 9.75. The van der Waals surface area contributed by atoms with Crippen molar-refractivity contribution in [1.82, 2.24) is 4.90 Å². The van der Waals surface area contributed by atoms with Crippen molar-refractivity contribution in [3.05, 3.63) is 71.8 Å². The van der Waals surface area contributed by atoms with Crippen molar-refractivity contribution in [2.24, 2.45) is 0 Å². The highest BCUT2D eigenvalue weighted by atomic mass is 16.7. The van der Waals surface area contributed by atoms with Crippen molar-refractivity contribution in [2.75, 3.05) is 21.2 Å². The van der Waals surface area contributed by atoms with E-state index in [0.717, 1.165) is 16.3 Å². The number of nitrogens with zero attached hydrogens (tertiary/aromatic N) is 1. The van der Waals surface area contributed by atoms with E-state index in [1.54, 1.807) is 6.07 Å². The number of methoxy groups -OCH3 is 1. The maximum Gasteiger partial charge on any atom is 0.513 e. The van der Waals surface area contributed by atoms with Gasteiger partial charge >= 0.3 is 6.16 Å². The lowest BCUT2D eigenvalue weighted by Gasteiger charge is -2.28. The molecule has 5 nitrogen and oxygen atoms in total. The number of hydrogen-bond acceptors (Lipinski definition) is 5. The summed E-state index contributed by atoms with van der Waals surface area (Å²) in [5.41, 5.74) is 1.70. The van der Waals surface area contributed by atoms with Gasteiger partial charge in [-0.25, -0.2) is 4.79 Å². The van der Waals surface area contributed by atoms with Crippen molar-refractivity contribution in [3.63, 3.8) is 0 Å². The highest BCUT2D eigenvalue weighted by Gasteiger charge is 2.26. The lowest BCUT2D eigenvalue weighted by molar-refractivity contribution is 0.120. The molecule has 3 aromatic rings. The second-order valence-corrected chi connectivity index (χ2v) is 6.19. The van der Waals surface area contributed by atoms with Crippen LogP contribution in [-0.2, 0) is 4.74 Å². The Morgan fingerprint density at radius 3 is 2.35 bits per heavy atom. The highest BCUT2D eigenvalue weighted by molar-refractivity contribution is 5.91. The molecule has 1 unspecified atom stereocenters. The van der Waals surface area contributed by atoms with E-state index in [4.69, 9.17) is 4.74 Å². The second-order valence-electron chi connectivity index (χ2n) is 6.19. The molecule has 0 saturated carbocycles. The first-order valence-electron chi connectivity index (χ1n) is 8.24. The van der Waals surface area contributed by atoms with Crippen LogP contribution in [0.5, 0.6) is 11.5 Å². The van der Waals surface area contributed by atoms with Crippen LogP contribution in [0, 0.1) is 0 Å². The molecule has 1 atom stereocenters. The Hall–Kier alpha value is -3.05. The quantitative estimate of drug-likeness (QED) is 0.560. The molecule has 0 aliphatic carbocycles. The number of aromatic hydroxyl groups is 1. The largest absolute Gasteiger partial charge is 0.513 e. The van der Waals surface area contributed by atoms with E-state index in [9.17, 15) is 9.90 Å². The van der Waals surface area contributed by atoms with Gasteiger partial charge in [-0.3, -0.25) is 4.90 Å². The number of rotatable bonds is 4. The molecule has 0 bridgehead atoms. The van der Waals surface area contributed by atoms with Crippen molar-refractivity contribution in [1.29, 1.82) is 0 Å². The van der Waals surface area contributed by atoms with Crippen LogP contribution in [-0.4, -0.2) is 37.4 Å². The van der Waals surface area contributed by atoms with Gasteiger partial charge in [0.05, 0.1) is 13.2 Å². The first kappa shape index (κ1) is 17.8. The van der Waals surface area contributed by atoms with Gasteiger partial charge in [-0.1, -0.05) is 54.6 Å². The van der Waals surface area contributed by atoms with Crippen LogP contribution in [0.2, 0.25) is 0 Å². The third-order valence-electron chi connectivity index (χ3n) is 4.29. The molecular weight excluding hydrogens is 330 g/mol. The first-order valence-corrected chi connectivity index (χ1v) is 8.24. The van der Waals surface area contributed by atoms with Crippen LogP contribution < -0.4 is 4.74 Å². The molecular formula is C21H21NO4. The van der Waals surface area contributed by atoms with E-state index in [-0.39, 0.29) is 17.5 Å². The van der Waals surface area contributed by atoms with E-state index in [2.05, 4.69) is 4.74 Å². The summed E-state index contributed by atoms with van der Waals surface area (Å²) in [6.45, 7) is 0. The van der Waals surface area contributed by atoms with Crippen LogP contribution in [0.1, 0.15) is 17.2 Å². The third kappa shape index (κ3) is 3.34. The van der Waals surface area contributed by atoms with Gasteiger partial charge in [-0.2, -0.15) is 0 Å². The van der Waals surface area contributed by atoms with Crippen LogP contribution >= 0.6 is 0 Å². The molecule has 0 radical (unpaired) electrons. The minimum absolute atomic E-state index is 0.0725. The van der Waals surface area contributed by atoms with Crippen molar-refractivity contribution >= 4 is 16.9 Å². The Kier molecular flexibility index (Phi) is 5.09. The fourth-order valence-corrected chi connectivity index (χ4v) is 3.18. The molecule has 0 amide bonds. The Morgan fingerprint density at radius 1 is 1.04 bits per heavy atom. The molecule has 0 aliphatic heterocycles. The summed E-state index contributed by atoms with van der Waals surface area (Å²) in [5, 5.41) is 12.7. The van der Waals surface area contributed by atoms with Gasteiger partial charge < -0.3 is 14.6 Å². The van der Waals surface area contributed by atoms with Crippen LogP contribution in [0.3, 0.4) is 0 Å². The van der Waals surface area contributed by atoms with Gasteiger partial charge in [-0.15, -0.1) is 0 Å². The fraction of sp³-hybridized carbons (Fsp3) is 0.190. The van der Waals surface area contributed by atoms with Gasteiger partial charge in [0.1, 0.15) is 0 Å². The predicted octanol–water partition coefficient (Wildman–Crippen LogP) is 4.34. The first-order chi connectivity index (χ1) is 12.5. The highest BCUT2D eigenvalue weighted by Crippen LogP contribution is 2.43. The average Bonchev–Trinajstić information content (AvgIpc) is 2.65. The second kappa shape index (κ2) is 7.45. The molecule has 26 heavy (non-hydrogen) atoms. The lowest BCUT2D eigenvalue weighted by atomic mass is 9.91. The minimum Gasteiger partial charge on any atom is -0.504 e. The Morgan fingerprint density at radius 2 is 1.69 bits per heavy atom. The monoisotopic (exact) mass is 351 g/mol. The van der Waals surface area contributed by atoms with E-state index < -0.39 is 6.16 Å². The normalized spacial score (nSPS) is 12.2. The van der Waals surface area contributed by atoms with Gasteiger partial charge in [-0.05, 0) is 36.5 Å². The number of fused-ring (bicyclic) bond motifs is 1. The van der Waals surface area contributed by atoms with Gasteiger partial charge in [0.25, 0.3) is 0 Å². The molecule has 0 spiro atoms. The minimum atomic E-state index is -0.873. The van der Waals surface area contributed by atoms with E-state index >= 15 is 0 Å². The summed E-state index contributed by atoms with van der Waals surface area (Å²) in [4.78, 5) is 13.6. The third-order valence-corrected chi connectivity index (χ3v) is 4.29. The summed E-state index contributed by atoms with van der Waals surface area (Å²) in [6.07, 6.45) is -0.873. The number of phenolic OH excluding ortho intramolecular Hbond substituents is 1. The molecule has 1 N–H and O–H groups in total. The topological polar surface area (TPSA) is 59.0 Å². The lowest BCUT2D eigenvalue weighted by Crippen LogP contribution is -2.21. The zero-order valence-corrected chi connectivity index (χ0v) is 15.0. The van der Waals surface area contributed by atoms with Crippen molar-refractivity contribution in [3.8, 4) is 11.5 Å². The van der Waals surface area contributed by atoms with Gasteiger partial charge in [0, 0.05) is 5.56 Å². The van der Waals surface area contributed by atoms with Crippen molar-refractivity contribution in [2.45, 2.75) is 6.04 Å². The van der Waals surface area contributed by atoms with E-state index in [0.29, 0.717) is 5.56 Å². The van der Waals surface area contributed by atoms with Crippen LogP contribution in [0.25, 0.3) is 10.8 Å². The smallest absolute Gasteiger partial charge is 0.504 e. The van der Waals surface area contributed by atoms with Crippen LogP contribution in [0.4, 0.5) is 4.79 Å². The Bertz CT molecular complexity index is 922. The SMILES string of the molecule is COC(=O)Oc1cc2ccccc2c(C(c2ccccc2)N(C)C)c1O. The maximum atomic E-state index is 11.6. The zero-order chi connectivity index (χ0) is 18.7. The molecule has 5 heteroatoms. The Labute approximate surface area is 152 Å². The Balaban J connectivity index is 2.28. The van der Waals surface area contributed by atoms with Gasteiger partial charge in [0.2, 0.25) is 0 Å². The van der Waals surface area contributed by atoms with Crippen LogP contribution in [0.15, 0.2) is 60.7 Å². The summed E-state index contributed by atoms with van der Waals surface area (Å²) >= 11 is 0. The number of phenols is 1. The summed E-state index contributed by atoms with van der Waals surface area (Å²) in [5.74, 6) is 0.00461. The molecule has 0 saturated heterocycles. The molecule has 0 heterocycles. The maximum absolute atomic E-state index is 11.6. The van der Waals surface area contributed by atoms with E-state index in [1.807, 2.05) is 73.6 Å². The molecule has 3 aromatic carbocycles. The average molecular weight is 351 g/mol. The molecule has 0 aliphatic rings. The van der Waals surface area contributed by atoms with Crippen molar-refractivity contribution < 1.29 is 19.4 Å². The number of carbonyl (C=O) groups excluding carboxylic acids is 1.